The lowest BCUT2D eigenvalue weighted by Gasteiger charge is -2.23. The molecule has 0 saturated carbocycles. The molecule has 0 radical (unpaired) electrons. The molecule has 0 aliphatic heterocycles. The van der Waals surface area contributed by atoms with Gasteiger partial charge < -0.3 is 15.4 Å². The lowest BCUT2D eigenvalue weighted by molar-refractivity contribution is 0.0601. The smallest absolute Gasteiger partial charge is 0.340 e. The molecule has 0 aliphatic rings. The molecule has 2 rings (SSSR count). The van der Waals surface area contributed by atoms with Crippen molar-refractivity contribution in [3.05, 3.63) is 53.6 Å². The first-order valence-corrected chi connectivity index (χ1v) is 6.29. The zero-order chi connectivity index (χ0) is 15.4. The molecule has 0 amide bonds. The minimum atomic E-state index is -0.458. The van der Waals surface area contributed by atoms with Crippen LogP contribution in [0.5, 0.6) is 0 Å². The number of nitriles is 1. The molecule has 2 aromatic carbocycles. The molecule has 21 heavy (non-hydrogen) atoms. The number of ether oxygens (including phenoxy) is 1. The number of benzene rings is 2. The lowest BCUT2D eigenvalue weighted by atomic mass is 10.1. The van der Waals surface area contributed by atoms with Gasteiger partial charge in [-0.1, -0.05) is 12.1 Å². The Bertz CT molecular complexity index is 720. The summed E-state index contributed by atoms with van der Waals surface area (Å²) < 4.78 is 4.79. The summed E-state index contributed by atoms with van der Waals surface area (Å²) in [4.78, 5) is 13.7. The Morgan fingerprint density at radius 1 is 1.29 bits per heavy atom. The van der Waals surface area contributed by atoms with E-state index in [-0.39, 0.29) is 0 Å². The van der Waals surface area contributed by atoms with Crippen LogP contribution in [0.1, 0.15) is 15.9 Å². The number of nitrogen functional groups attached to an aromatic ring is 1. The van der Waals surface area contributed by atoms with Gasteiger partial charge in [0, 0.05) is 12.7 Å². The monoisotopic (exact) mass is 281 g/mol. The summed E-state index contributed by atoms with van der Waals surface area (Å²) in [7, 11) is 3.11. The van der Waals surface area contributed by atoms with Crippen molar-refractivity contribution in [2.45, 2.75) is 0 Å². The molecule has 2 N–H and O–H groups in total. The Labute approximate surface area is 123 Å². The fourth-order valence-corrected chi connectivity index (χ4v) is 2.12. The largest absolute Gasteiger partial charge is 0.465 e. The van der Waals surface area contributed by atoms with Crippen molar-refractivity contribution < 1.29 is 9.53 Å². The van der Waals surface area contributed by atoms with Crippen molar-refractivity contribution in [2.75, 3.05) is 24.8 Å². The molecule has 5 nitrogen and oxygen atoms in total. The number of carbonyl (C=O) groups is 1. The van der Waals surface area contributed by atoms with Crippen LogP contribution in [0.4, 0.5) is 17.1 Å². The van der Waals surface area contributed by atoms with E-state index in [0.29, 0.717) is 22.5 Å². The summed E-state index contributed by atoms with van der Waals surface area (Å²) in [5.41, 5.74) is 8.70. The van der Waals surface area contributed by atoms with Crippen molar-refractivity contribution in [1.82, 2.24) is 0 Å². The fraction of sp³-hybridized carbons (Fsp3) is 0.125. The minimum Gasteiger partial charge on any atom is -0.465 e. The van der Waals surface area contributed by atoms with Crippen LogP contribution < -0.4 is 10.6 Å². The van der Waals surface area contributed by atoms with E-state index in [0.717, 1.165) is 5.69 Å². The molecule has 0 saturated heterocycles. The summed E-state index contributed by atoms with van der Waals surface area (Å²) in [5.74, 6) is -0.458. The van der Waals surface area contributed by atoms with Gasteiger partial charge in [0.05, 0.1) is 35.7 Å². The third-order valence-corrected chi connectivity index (χ3v) is 3.17. The summed E-state index contributed by atoms with van der Waals surface area (Å²) >= 11 is 0. The van der Waals surface area contributed by atoms with Gasteiger partial charge in [0.1, 0.15) is 0 Å². The first-order chi connectivity index (χ1) is 10.1. The topological polar surface area (TPSA) is 79.3 Å². The quantitative estimate of drug-likeness (QED) is 0.691. The number of nitrogens with zero attached hydrogens (tertiary/aromatic N) is 2. The van der Waals surface area contributed by atoms with Gasteiger partial charge in [-0.2, -0.15) is 5.26 Å². The number of para-hydroxylation sites is 1. The van der Waals surface area contributed by atoms with Crippen LogP contribution in [-0.2, 0) is 4.74 Å². The second-order valence-electron chi connectivity index (χ2n) is 4.46. The molecule has 0 fully saturated rings. The molecule has 0 bridgehead atoms. The number of rotatable bonds is 3. The first-order valence-electron chi connectivity index (χ1n) is 6.29. The Hall–Kier alpha value is -3.00. The minimum absolute atomic E-state index is 0.377. The molecular formula is C16H15N3O2. The zero-order valence-electron chi connectivity index (χ0n) is 11.8. The Morgan fingerprint density at radius 3 is 2.67 bits per heavy atom. The maximum Gasteiger partial charge on any atom is 0.340 e. The molecule has 0 aliphatic carbocycles. The summed E-state index contributed by atoms with van der Waals surface area (Å²) in [5, 5.41) is 8.98. The van der Waals surface area contributed by atoms with E-state index >= 15 is 0 Å². The number of methoxy groups -OCH3 is 1. The van der Waals surface area contributed by atoms with E-state index in [4.69, 9.17) is 15.7 Å². The van der Waals surface area contributed by atoms with Crippen molar-refractivity contribution in [3.8, 4) is 6.07 Å². The van der Waals surface area contributed by atoms with E-state index < -0.39 is 5.97 Å². The summed E-state index contributed by atoms with van der Waals surface area (Å²) in [6, 6.07) is 14.2. The van der Waals surface area contributed by atoms with E-state index in [2.05, 4.69) is 6.07 Å². The van der Waals surface area contributed by atoms with Crippen LogP contribution in [0.15, 0.2) is 42.5 Å². The standard InChI is InChI=1S/C16H15N3O2/c1-19(12-6-3-5-11(9-12)10-17)15-13(16(20)21-2)7-4-8-14(15)18/h3-9H,18H2,1-2H3. The first kappa shape index (κ1) is 14.4. The third kappa shape index (κ3) is 2.79. The van der Waals surface area contributed by atoms with Crippen LogP contribution in [0.3, 0.4) is 0 Å². The predicted octanol–water partition coefficient (Wildman–Crippen LogP) is 2.69. The highest BCUT2D eigenvalue weighted by Gasteiger charge is 2.18. The van der Waals surface area contributed by atoms with Crippen LogP contribution in [-0.4, -0.2) is 20.1 Å². The molecule has 0 atom stereocenters. The van der Waals surface area contributed by atoms with Crippen molar-refractivity contribution >= 4 is 23.0 Å². The zero-order valence-corrected chi connectivity index (χ0v) is 11.8. The number of hydrogen-bond donors (Lipinski definition) is 1. The SMILES string of the molecule is COC(=O)c1cccc(N)c1N(C)c1cccc(C#N)c1. The Balaban J connectivity index is 2.55. The van der Waals surface area contributed by atoms with E-state index in [1.165, 1.54) is 7.11 Å². The number of nitrogens with two attached hydrogens (primary N) is 1. The third-order valence-electron chi connectivity index (χ3n) is 3.17. The summed E-state index contributed by atoms with van der Waals surface area (Å²) in [6.45, 7) is 0. The molecule has 0 aromatic heterocycles. The molecule has 0 spiro atoms. The van der Waals surface area contributed by atoms with Crippen molar-refractivity contribution in [2.24, 2.45) is 0 Å². The molecule has 0 heterocycles. The number of hydrogen-bond acceptors (Lipinski definition) is 5. The van der Waals surface area contributed by atoms with Gasteiger partial charge >= 0.3 is 5.97 Å². The highest BCUT2D eigenvalue weighted by atomic mass is 16.5. The van der Waals surface area contributed by atoms with E-state index in [1.807, 2.05) is 6.07 Å². The summed E-state index contributed by atoms with van der Waals surface area (Å²) in [6.07, 6.45) is 0. The van der Waals surface area contributed by atoms with Gasteiger partial charge in [-0.25, -0.2) is 4.79 Å². The van der Waals surface area contributed by atoms with Crippen molar-refractivity contribution in [3.63, 3.8) is 0 Å². The van der Waals surface area contributed by atoms with E-state index in [1.54, 1.807) is 48.3 Å². The highest BCUT2D eigenvalue weighted by molar-refractivity contribution is 6.00. The Kier molecular flexibility index (Phi) is 4.10. The highest BCUT2D eigenvalue weighted by Crippen LogP contribution is 2.33. The van der Waals surface area contributed by atoms with Crippen molar-refractivity contribution in [1.29, 1.82) is 5.26 Å². The van der Waals surface area contributed by atoms with Crippen LogP contribution in [0, 0.1) is 11.3 Å². The molecular weight excluding hydrogens is 266 g/mol. The molecule has 2 aromatic rings. The molecule has 106 valence electrons. The predicted molar refractivity (Wildman–Crippen MR) is 81.4 cm³/mol. The van der Waals surface area contributed by atoms with Gasteiger partial charge in [-0.15, -0.1) is 0 Å². The maximum atomic E-state index is 11.9. The average molecular weight is 281 g/mol. The van der Waals surface area contributed by atoms with Crippen LogP contribution >= 0.6 is 0 Å². The van der Waals surface area contributed by atoms with Crippen LogP contribution in [0.2, 0.25) is 0 Å². The fourth-order valence-electron chi connectivity index (χ4n) is 2.12. The second-order valence-corrected chi connectivity index (χ2v) is 4.46. The van der Waals surface area contributed by atoms with E-state index in [9.17, 15) is 4.79 Å². The van der Waals surface area contributed by atoms with Gasteiger partial charge in [0.2, 0.25) is 0 Å². The molecule has 0 unspecified atom stereocenters. The Morgan fingerprint density at radius 2 is 2.00 bits per heavy atom. The van der Waals surface area contributed by atoms with Gasteiger partial charge in [-0.3, -0.25) is 0 Å². The number of anilines is 3. The average Bonchev–Trinajstić information content (AvgIpc) is 2.53. The second kappa shape index (κ2) is 5.97. The number of esters is 1. The maximum absolute atomic E-state index is 11.9. The van der Waals surface area contributed by atoms with Crippen LogP contribution in [0.25, 0.3) is 0 Å². The van der Waals surface area contributed by atoms with Gasteiger partial charge in [0.25, 0.3) is 0 Å². The van der Waals surface area contributed by atoms with Gasteiger partial charge in [0.15, 0.2) is 0 Å². The number of carbonyl (C=O) groups excluding carboxylic acids is 1. The van der Waals surface area contributed by atoms with Gasteiger partial charge in [-0.05, 0) is 30.3 Å². The normalized spacial score (nSPS) is 9.76. The molecule has 5 heteroatoms. The lowest BCUT2D eigenvalue weighted by Crippen LogP contribution is -2.17.